The van der Waals surface area contributed by atoms with Crippen LogP contribution in [0.3, 0.4) is 0 Å². The summed E-state index contributed by atoms with van der Waals surface area (Å²) in [6.07, 6.45) is 5.54. The highest BCUT2D eigenvalue weighted by Crippen LogP contribution is 2.33. The van der Waals surface area contributed by atoms with Crippen LogP contribution in [0.4, 0.5) is 0 Å². The van der Waals surface area contributed by atoms with Crippen LogP contribution in [0.5, 0.6) is 5.75 Å². The van der Waals surface area contributed by atoms with E-state index in [0.717, 1.165) is 11.0 Å². The van der Waals surface area contributed by atoms with Crippen LogP contribution in [0, 0.1) is 0 Å². The van der Waals surface area contributed by atoms with Crippen molar-refractivity contribution in [3.63, 3.8) is 0 Å². The van der Waals surface area contributed by atoms with Gasteiger partial charge in [0.1, 0.15) is 23.3 Å². The lowest BCUT2D eigenvalue weighted by Crippen LogP contribution is -2.44. The summed E-state index contributed by atoms with van der Waals surface area (Å²) >= 11 is 0. The topological polar surface area (TPSA) is 78.5 Å². The number of hydrogen-bond acceptors (Lipinski definition) is 4. The van der Waals surface area contributed by atoms with Crippen molar-refractivity contribution in [3.05, 3.63) is 72.8 Å². The third-order valence-corrected chi connectivity index (χ3v) is 4.51. The molecular formula is C20H18N2O3. The van der Waals surface area contributed by atoms with E-state index in [4.69, 9.17) is 0 Å². The molecule has 0 radical (unpaired) electrons. The van der Waals surface area contributed by atoms with E-state index in [0.29, 0.717) is 11.4 Å². The quantitative estimate of drug-likeness (QED) is 0.688. The van der Waals surface area contributed by atoms with Gasteiger partial charge in [0.15, 0.2) is 0 Å². The molecule has 3 aromatic rings. The number of nitrogens with zero attached hydrogens (tertiary/aromatic N) is 2. The number of aromatic nitrogens is 2. The summed E-state index contributed by atoms with van der Waals surface area (Å²) in [5.74, 6) is 0.661. The molecule has 0 bridgehead atoms. The molecule has 2 aromatic carbocycles. The van der Waals surface area contributed by atoms with Crippen LogP contribution in [0.2, 0.25) is 0 Å². The summed E-state index contributed by atoms with van der Waals surface area (Å²) in [7, 11) is 0. The highest BCUT2D eigenvalue weighted by molar-refractivity contribution is 5.82. The molecule has 0 saturated heterocycles. The van der Waals surface area contributed by atoms with Gasteiger partial charge in [-0.2, -0.15) is 0 Å². The van der Waals surface area contributed by atoms with Crippen molar-refractivity contribution >= 4 is 11.0 Å². The van der Waals surface area contributed by atoms with Gasteiger partial charge in [0, 0.05) is 0 Å². The van der Waals surface area contributed by atoms with Crippen molar-refractivity contribution in [1.82, 2.24) is 9.55 Å². The van der Waals surface area contributed by atoms with Crippen LogP contribution in [0.1, 0.15) is 0 Å². The van der Waals surface area contributed by atoms with Crippen LogP contribution in [-0.2, 0) is 6.54 Å². The van der Waals surface area contributed by atoms with E-state index < -0.39 is 11.7 Å². The second-order valence-electron chi connectivity index (χ2n) is 6.21. The predicted octanol–water partition coefficient (Wildman–Crippen LogP) is 2.63. The van der Waals surface area contributed by atoms with Gasteiger partial charge >= 0.3 is 0 Å². The fourth-order valence-electron chi connectivity index (χ4n) is 3.16. The molecule has 1 aromatic heterocycles. The number of phenolic OH excluding ortho intramolecular Hbond substituents is 1. The highest BCUT2D eigenvalue weighted by Gasteiger charge is 2.34. The van der Waals surface area contributed by atoms with Crippen molar-refractivity contribution < 1.29 is 15.3 Å². The van der Waals surface area contributed by atoms with E-state index in [1.807, 2.05) is 34.9 Å². The lowest BCUT2D eigenvalue weighted by Gasteiger charge is -2.31. The zero-order valence-electron chi connectivity index (χ0n) is 13.4. The highest BCUT2D eigenvalue weighted by atomic mass is 16.3. The number of benzene rings is 2. The molecule has 1 aliphatic carbocycles. The lowest BCUT2D eigenvalue weighted by atomic mass is 9.92. The summed E-state index contributed by atoms with van der Waals surface area (Å²) in [5.41, 5.74) is 0.711. The van der Waals surface area contributed by atoms with E-state index in [1.165, 1.54) is 0 Å². The molecule has 5 nitrogen and oxygen atoms in total. The fourth-order valence-corrected chi connectivity index (χ4v) is 3.16. The van der Waals surface area contributed by atoms with E-state index in [2.05, 4.69) is 4.98 Å². The molecule has 3 N–H and O–H groups in total. The van der Waals surface area contributed by atoms with Gasteiger partial charge in [0.25, 0.3) is 0 Å². The first-order valence-corrected chi connectivity index (χ1v) is 8.09. The molecule has 0 spiro atoms. The summed E-state index contributed by atoms with van der Waals surface area (Å²) in [6, 6.07) is 14.5. The number of hydrogen-bond donors (Lipinski definition) is 3. The predicted molar refractivity (Wildman–Crippen MR) is 96.1 cm³/mol. The maximum Gasteiger partial charge on any atom is 0.144 e. The molecule has 25 heavy (non-hydrogen) atoms. The van der Waals surface area contributed by atoms with E-state index in [9.17, 15) is 15.3 Å². The Kier molecular flexibility index (Phi) is 3.67. The number of imidazole rings is 1. The molecular weight excluding hydrogens is 316 g/mol. The average Bonchev–Trinajstić information content (AvgIpc) is 2.96. The molecule has 5 heteroatoms. The molecule has 1 heterocycles. The molecule has 4 rings (SSSR count). The van der Waals surface area contributed by atoms with Gasteiger partial charge in [-0.1, -0.05) is 42.5 Å². The number of aliphatic hydroxyl groups excluding tert-OH is 1. The molecule has 1 aliphatic rings. The minimum Gasteiger partial charge on any atom is -0.507 e. The fraction of sp³-hybridized carbons (Fsp3) is 0.150. The van der Waals surface area contributed by atoms with Crippen LogP contribution in [0.25, 0.3) is 22.4 Å². The van der Waals surface area contributed by atoms with Crippen LogP contribution in [-0.4, -0.2) is 36.6 Å². The SMILES string of the molecule is Oc1ccccc1-c1nc2ccccc2n1CC1(O)C=CC=CC1O. The Morgan fingerprint density at radius 1 is 1.04 bits per heavy atom. The lowest BCUT2D eigenvalue weighted by molar-refractivity contribution is -0.0263. The van der Waals surface area contributed by atoms with Gasteiger partial charge in [-0.15, -0.1) is 0 Å². The Morgan fingerprint density at radius 2 is 1.80 bits per heavy atom. The van der Waals surface area contributed by atoms with Crippen LogP contribution < -0.4 is 0 Å². The molecule has 2 atom stereocenters. The molecule has 0 saturated carbocycles. The summed E-state index contributed by atoms with van der Waals surface area (Å²) in [6.45, 7) is 0.110. The first-order chi connectivity index (χ1) is 12.1. The summed E-state index contributed by atoms with van der Waals surface area (Å²) < 4.78 is 1.83. The average molecular weight is 334 g/mol. The third-order valence-electron chi connectivity index (χ3n) is 4.51. The van der Waals surface area contributed by atoms with Gasteiger partial charge in [-0.25, -0.2) is 4.98 Å². The molecule has 0 aliphatic heterocycles. The number of allylic oxidation sites excluding steroid dienone is 2. The van der Waals surface area contributed by atoms with Crippen molar-refractivity contribution in [2.75, 3.05) is 0 Å². The summed E-state index contributed by atoms with van der Waals surface area (Å²) in [5, 5.41) is 31.4. The summed E-state index contributed by atoms with van der Waals surface area (Å²) in [4.78, 5) is 4.63. The Hall–Kier alpha value is -2.89. The Morgan fingerprint density at radius 3 is 2.60 bits per heavy atom. The van der Waals surface area contributed by atoms with Gasteiger partial charge in [-0.05, 0) is 30.3 Å². The Labute approximate surface area is 144 Å². The monoisotopic (exact) mass is 334 g/mol. The van der Waals surface area contributed by atoms with Crippen molar-refractivity contribution in [1.29, 1.82) is 0 Å². The second-order valence-corrected chi connectivity index (χ2v) is 6.21. The Bertz CT molecular complexity index is 990. The minimum absolute atomic E-state index is 0.110. The normalized spacial score (nSPS) is 22.6. The number of phenols is 1. The zero-order valence-corrected chi connectivity index (χ0v) is 13.4. The third kappa shape index (κ3) is 2.63. The van der Waals surface area contributed by atoms with Crippen LogP contribution in [0.15, 0.2) is 72.8 Å². The van der Waals surface area contributed by atoms with Crippen molar-refractivity contribution in [2.45, 2.75) is 18.2 Å². The number of aromatic hydroxyl groups is 1. The zero-order chi connectivity index (χ0) is 17.4. The van der Waals surface area contributed by atoms with Crippen LogP contribution >= 0.6 is 0 Å². The van der Waals surface area contributed by atoms with Gasteiger partial charge < -0.3 is 19.9 Å². The standard InChI is InChI=1S/C20H18N2O3/c23-17-10-4-1-7-14(17)19-21-15-8-2-3-9-16(15)22(19)13-20(25)12-6-5-11-18(20)24/h1-12,18,23-25H,13H2. The first-order valence-electron chi connectivity index (χ1n) is 8.09. The van der Waals surface area contributed by atoms with Gasteiger partial charge in [-0.3, -0.25) is 0 Å². The second kappa shape index (κ2) is 5.88. The number of aliphatic hydroxyl groups is 2. The Balaban J connectivity index is 1.90. The van der Waals surface area contributed by atoms with E-state index in [-0.39, 0.29) is 12.3 Å². The molecule has 0 amide bonds. The van der Waals surface area contributed by atoms with Gasteiger partial charge in [0.2, 0.25) is 0 Å². The largest absolute Gasteiger partial charge is 0.507 e. The molecule has 2 unspecified atom stereocenters. The van der Waals surface area contributed by atoms with E-state index in [1.54, 1.807) is 42.5 Å². The number of rotatable bonds is 3. The number of fused-ring (bicyclic) bond motifs is 1. The maximum absolute atomic E-state index is 10.9. The molecule has 0 fully saturated rings. The van der Waals surface area contributed by atoms with Gasteiger partial charge in [0.05, 0.1) is 23.1 Å². The van der Waals surface area contributed by atoms with Crippen molar-refractivity contribution in [3.8, 4) is 17.1 Å². The molecule has 126 valence electrons. The van der Waals surface area contributed by atoms with E-state index >= 15 is 0 Å². The minimum atomic E-state index is -1.45. The number of para-hydroxylation sites is 3. The first kappa shape index (κ1) is 15.6. The van der Waals surface area contributed by atoms with Crippen molar-refractivity contribution in [2.24, 2.45) is 0 Å². The smallest absolute Gasteiger partial charge is 0.144 e. The maximum atomic E-state index is 10.9.